The molecule has 0 spiro atoms. The molecule has 0 radical (unpaired) electrons. The molecular weight excluding hydrogens is 298 g/mol. The molecule has 0 saturated carbocycles. The molecule has 0 fully saturated rings. The fraction of sp³-hybridized carbons (Fsp3) is 0.176. The third kappa shape index (κ3) is 4.47. The molecule has 0 bridgehead atoms. The van der Waals surface area contributed by atoms with Gasteiger partial charge in [-0.15, -0.1) is 0 Å². The first-order chi connectivity index (χ1) is 11.1. The second-order valence-corrected chi connectivity index (χ2v) is 4.62. The summed E-state index contributed by atoms with van der Waals surface area (Å²) in [5.41, 5.74) is 5.80. The molecule has 0 aliphatic heterocycles. The van der Waals surface area contributed by atoms with E-state index in [1.54, 1.807) is 54.6 Å². The number of benzene rings is 2. The van der Waals surface area contributed by atoms with Gasteiger partial charge in [0.2, 0.25) is 6.10 Å². The van der Waals surface area contributed by atoms with Gasteiger partial charge in [0.25, 0.3) is 5.91 Å². The third-order valence-electron chi connectivity index (χ3n) is 3.02. The highest BCUT2D eigenvalue weighted by atomic mass is 16.6. The molecule has 120 valence electrons. The van der Waals surface area contributed by atoms with Crippen LogP contribution in [-0.2, 0) is 14.3 Å². The molecule has 1 unspecified atom stereocenters. The molecule has 6 heteroatoms. The number of rotatable bonds is 7. The molecule has 2 rings (SSSR count). The molecule has 0 aliphatic rings. The van der Waals surface area contributed by atoms with Crippen LogP contribution in [0.5, 0.6) is 11.5 Å². The van der Waals surface area contributed by atoms with Crippen LogP contribution in [-0.4, -0.2) is 25.6 Å². The number of carbonyl (C=O) groups is 2. The molecule has 2 aromatic rings. The maximum atomic E-state index is 11.9. The van der Waals surface area contributed by atoms with Crippen molar-refractivity contribution in [2.24, 2.45) is 5.73 Å². The summed E-state index contributed by atoms with van der Waals surface area (Å²) in [7, 11) is 1.50. The lowest BCUT2D eigenvalue weighted by atomic mass is 10.1. The van der Waals surface area contributed by atoms with Crippen LogP contribution in [0.1, 0.15) is 11.7 Å². The van der Waals surface area contributed by atoms with Gasteiger partial charge >= 0.3 is 5.97 Å². The van der Waals surface area contributed by atoms with Gasteiger partial charge in [-0.1, -0.05) is 42.5 Å². The number of amides is 1. The third-order valence-corrected chi connectivity index (χ3v) is 3.02. The summed E-state index contributed by atoms with van der Waals surface area (Å²) < 4.78 is 15.6. The highest BCUT2D eigenvalue weighted by molar-refractivity contribution is 5.83. The number of primary amides is 1. The van der Waals surface area contributed by atoms with Gasteiger partial charge in [-0.05, 0) is 12.1 Å². The number of ether oxygens (including phenoxy) is 3. The SMILES string of the molecule is COc1ccccc1OCC(=O)OC(C(N)=O)c1ccccc1. The van der Waals surface area contributed by atoms with Crippen molar-refractivity contribution in [2.45, 2.75) is 6.10 Å². The monoisotopic (exact) mass is 315 g/mol. The van der Waals surface area contributed by atoms with E-state index in [2.05, 4.69) is 0 Å². The molecule has 0 saturated heterocycles. The number of nitrogens with two attached hydrogens (primary N) is 1. The molecule has 1 atom stereocenters. The van der Waals surface area contributed by atoms with Crippen LogP contribution in [0.2, 0.25) is 0 Å². The van der Waals surface area contributed by atoms with Gasteiger partial charge < -0.3 is 19.9 Å². The average molecular weight is 315 g/mol. The van der Waals surface area contributed by atoms with Crippen LogP contribution in [0.4, 0.5) is 0 Å². The Kier molecular flexibility index (Phi) is 5.57. The van der Waals surface area contributed by atoms with Gasteiger partial charge in [-0.25, -0.2) is 4.79 Å². The molecular formula is C17H17NO5. The minimum atomic E-state index is -1.15. The predicted molar refractivity (Wildman–Crippen MR) is 83.0 cm³/mol. The highest BCUT2D eigenvalue weighted by Crippen LogP contribution is 2.26. The minimum Gasteiger partial charge on any atom is -0.493 e. The summed E-state index contributed by atoms with van der Waals surface area (Å²) in [6.07, 6.45) is -1.15. The number of hydrogen-bond donors (Lipinski definition) is 1. The first-order valence-electron chi connectivity index (χ1n) is 6.91. The number of carbonyl (C=O) groups excluding carboxylic acids is 2. The van der Waals surface area contributed by atoms with Crippen molar-refractivity contribution in [3.8, 4) is 11.5 Å². The number of esters is 1. The van der Waals surface area contributed by atoms with E-state index < -0.39 is 18.0 Å². The number of methoxy groups -OCH3 is 1. The van der Waals surface area contributed by atoms with Gasteiger partial charge in [-0.2, -0.15) is 0 Å². The molecule has 23 heavy (non-hydrogen) atoms. The standard InChI is InChI=1S/C17H17NO5/c1-21-13-9-5-6-10-14(13)22-11-15(19)23-16(17(18)20)12-7-3-2-4-8-12/h2-10,16H,11H2,1H3,(H2,18,20). The summed E-state index contributed by atoms with van der Waals surface area (Å²) in [6, 6.07) is 15.4. The van der Waals surface area contributed by atoms with Crippen LogP contribution in [0.15, 0.2) is 54.6 Å². The van der Waals surface area contributed by atoms with Crippen molar-refractivity contribution in [2.75, 3.05) is 13.7 Å². The van der Waals surface area contributed by atoms with Crippen molar-refractivity contribution < 1.29 is 23.8 Å². The van der Waals surface area contributed by atoms with Crippen LogP contribution >= 0.6 is 0 Å². The van der Waals surface area contributed by atoms with Gasteiger partial charge in [0, 0.05) is 5.56 Å². The number of para-hydroxylation sites is 2. The fourth-order valence-corrected chi connectivity index (χ4v) is 1.96. The summed E-state index contributed by atoms with van der Waals surface area (Å²) in [4.78, 5) is 23.4. The number of hydrogen-bond acceptors (Lipinski definition) is 5. The van der Waals surface area contributed by atoms with E-state index in [-0.39, 0.29) is 6.61 Å². The summed E-state index contributed by atoms with van der Waals surface area (Å²) in [6.45, 7) is -0.364. The summed E-state index contributed by atoms with van der Waals surface area (Å²) in [5.74, 6) is -0.553. The van der Waals surface area contributed by atoms with Gasteiger partial charge in [0.1, 0.15) is 0 Å². The largest absolute Gasteiger partial charge is 0.493 e. The fourth-order valence-electron chi connectivity index (χ4n) is 1.96. The van der Waals surface area contributed by atoms with Crippen molar-refractivity contribution in [1.29, 1.82) is 0 Å². The van der Waals surface area contributed by atoms with E-state index in [4.69, 9.17) is 19.9 Å². The van der Waals surface area contributed by atoms with Crippen molar-refractivity contribution in [3.05, 3.63) is 60.2 Å². The van der Waals surface area contributed by atoms with E-state index in [0.717, 1.165) is 0 Å². The lowest BCUT2D eigenvalue weighted by Crippen LogP contribution is -2.28. The normalized spacial score (nSPS) is 11.3. The van der Waals surface area contributed by atoms with Gasteiger partial charge in [0.05, 0.1) is 7.11 Å². The zero-order valence-electron chi connectivity index (χ0n) is 12.6. The topological polar surface area (TPSA) is 87.8 Å². The Hall–Kier alpha value is -3.02. The van der Waals surface area contributed by atoms with Crippen LogP contribution in [0.3, 0.4) is 0 Å². The van der Waals surface area contributed by atoms with Crippen molar-refractivity contribution in [1.82, 2.24) is 0 Å². The first kappa shape index (κ1) is 16.4. The van der Waals surface area contributed by atoms with E-state index in [1.165, 1.54) is 7.11 Å². The van der Waals surface area contributed by atoms with Gasteiger partial charge in [0.15, 0.2) is 18.1 Å². The van der Waals surface area contributed by atoms with E-state index in [1.807, 2.05) is 0 Å². The second kappa shape index (κ2) is 7.84. The lowest BCUT2D eigenvalue weighted by Gasteiger charge is -2.15. The molecule has 1 amide bonds. The maximum Gasteiger partial charge on any atom is 0.345 e. The zero-order chi connectivity index (χ0) is 16.7. The predicted octanol–water partition coefficient (Wildman–Crippen LogP) is 1.84. The molecule has 2 aromatic carbocycles. The summed E-state index contributed by atoms with van der Waals surface area (Å²) >= 11 is 0. The Morgan fingerprint density at radius 1 is 1.00 bits per heavy atom. The van der Waals surface area contributed by atoms with Crippen molar-refractivity contribution in [3.63, 3.8) is 0 Å². The summed E-state index contributed by atoms with van der Waals surface area (Å²) in [5, 5.41) is 0. The Morgan fingerprint density at radius 2 is 1.61 bits per heavy atom. The quantitative estimate of drug-likeness (QED) is 0.788. The van der Waals surface area contributed by atoms with Crippen LogP contribution < -0.4 is 15.2 Å². The van der Waals surface area contributed by atoms with Crippen LogP contribution in [0, 0.1) is 0 Å². The van der Waals surface area contributed by atoms with Crippen LogP contribution in [0.25, 0.3) is 0 Å². The van der Waals surface area contributed by atoms with Crippen molar-refractivity contribution >= 4 is 11.9 Å². The lowest BCUT2D eigenvalue weighted by molar-refractivity contribution is -0.157. The average Bonchev–Trinajstić information content (AvgIpc) is 2.58. The molecule has 0 aliphatic carbocycles. The Balaban J connectivity index is 1.99. The minimum absolute atomic E-state index is 0.364. The molecule has 6 nitrogen and oxygen atoms in total. The molecule has 2 N–H and O–H groups in total. The Morgan fingerprint density at radius 3 is 2.22 bits per heavy atom. The van der Waals surface area contributed by atoms with E-state index in [0.29, 0.717) is 17.1 Å². The Bertz CT molecular complexity index is 672. The zero-order valence-corrected chi connectivity index (χ0v) is 12.6. The maximum absolute atomic E-state index is 11.9. The highest BCUT2D eigenvalue weighted by Gasteiger charge is 2.22. The Labute approximate surface area is 133 Å². The second-order valence-electron chi connectivity index (χ2n) is 4.62. The van der Waals surface area contributed by atoms with E-state index in [9.17, 15) is 9.59 Å². The smallest absolute Gasteiger partial charge is 0.345 e. The van der Waals surface area contributed by atoms with E-state index >= 15 is 0 Å². The molecule has 0 aromatic heterocycles. The first-order valence-corrected chi connectivity index (χ1v) is 6.91. The van der Waals surface area contributed by atoms with Gasteiger partial charge in [-0.3, -0.25) is 4.79 Å². The molecule has 0 heterocycles.